The van der Waals surface area contributed by atoms with Crippen molar-refractivity contribution in [1.82, 2.24) is 14.9 Å². The molecule has 4 rings (SSSR count). The Morgan fingerprint density at radius 2 is 1.61 bits per heavy atom. The highest BCUT2D eigenvalue weighted by atomic mass is 32.2. The van der Waals surface area contributed by atoms with Crippen molar-refractivity contribution in [2.24, 2.45) is 7.05 Å². The Bertz CT molecular complexity index is 1330. The van der Waals surface area contributed by atoms with Crippen LogP contribution in [0.1, 0.15) is 16.2 Å². The number of hydrogen-bond donors (Lipinski definition) is 1. The first-order chi connectivity index (χ1) is 14.9. The van der Waals surface area contributed by atoms with Crippen LogP contribution in [0.3, 0.4) is 0 Å². The minimum Gasteiger partial charge on any atom is -0.345 e. The first kappa shape index (κ1) is 20.6. The lowest BCUT2D eigenvalue weighted by Gasteiger charge is -2.19. The zero-order valence-electron chi connectivity index (χ0n) is 17.2. The maximum absolute atomic E-state index is 12.9. The molecule has 4 aromatic rings. The lowest BCUT2D eigenvalue weighted by molar-refractivity contribution is 0.0949. The van der Waals surface area contributed by atoms with E-state index in [1.807, 2.05) is 41.9 Å². The highest BCUT2D eigenvalue weighted by Crippen LogP contribution is 2.22. The molecule has 0 saturated heterocycles. The van der Waals surface area contributed by atoms with Crippen molar-refractivity contribution >= 4 is 32.7 Å². The Balaban J connectivity index is 1.47. The van der Waals surface area contributed by atoms with Gasteiger partial charge in [-0.25, -0.2) is 13.4 Å². The van der Waals surface area contributed by atoms with E-state index in [0.717, 1.165) is 16.9 Å². The quantitative estimate of drug-likeness (QED) is 0.505. The first-order valence-electron chi connectivity index (χ1n) is 9.70. The van der Waals surface area contributed by atoms with Gasteiger partial charge in [-0.05, 0) is 48.5 Å². The van der Waals surface area contributed by atoms with Crippen LogP contribution in [0.15, 0.2) is 83.8 Å². The average molecular weight is 435 g/mol. The largest absolute Gasteiger partial charge is 0.345 e. The van der Waals surface area contributed by atoms with Crippen LogP contribution < -0.4 is 9.62 Å². The maximum Gasteiger partial charge on any atom is 0.264 e. The van der Waals surface area contributed by atoms with E-state index in [2.05, 4.69) is 10.3 Å². The summed E-state index contributed by atoms with van der Waals surface area (Å²) < 4.78 is 28.9. The fourth-order valence-corrected chi connectivity index (χ4v) is 4.52. The fraction of sp³-hybridized carbons (Fsp3) is 0.130. The van der Waals surface area contributed by atoms with Gasteiger partial charge in [-0.1, -0.05) is 30.3 Å². The molecule has 3 aromatic carbocycles. The number of hydrogen-bond acceptors (Lipinski definition) is 4. The number of carbonyl (C=O) groups excluding carboxylic acids is 1. The molecule has 0 bridgehead atoms. The summed E-state index contributed by atoms with van der Waals surface area (Å²) in [5.41, 5.74) is 2.79. The minimum absolute atomic E-state index is 0.116. The number of aromatic nitrogens is 2. The van der Waals surface area contributed by atoms with Crippen LogP contribution >= 0.6 is 0 Å². The topological polar surface area (TPSA) is 84.3 Å². The molecule has 0 spiro atoms. The highest BCUT2D eigenvalue weighted by Gasteiger charge is 2.21. The van der Waals surface area contributed by atoms with Crippen LogP contribution in [-0.2, 0) is 23.6 Å². The second-order valence-corrected chi connectivity index (χ2v) is 9.06. The zero-order chi connectivity index (χ0) is 22.0. The van der Waals surface area contributed by atoms with Crippen molar-refractivity contribution in [2.75, 3.05) is 11.4 Å². The number of carbonyl (C=O) groups is 1. The van der Waals surface area contributed by atoms with Crippen molar-refractivity contribution in [3.05, 3.63) is 90.3 Å². The summed E-state index contributed by atoms with van der Waals surface area (Å²) in [7, 11) is -0.317. The van der Waals surface area contributed by atoms with Gasteiger partial charge in [0.05, 0.1) is 28.2 Å². The Kier molecular flexibility index (Phi) is 5.48. The minimum atomic E-state index is -3.72. The van der Waals surface area contributed by atoms with Crippen molar-refractivity contribution in [2.45, 2.75) is 11.4 Å². The molecule has 0 atom stereocenters. The van der Waals surface area contributed by atoms with E-state index in [4.69, 9.17) is 0 Å². The Labute approximate surface area is 181 Å². The molecule has 1 aromatic heterocycles. The van der Waals surface area contributed by atoms with E-state index < -0.39 is 10.0 Å². The lowest BCUT2D eigenvalue weighted by Crippen LogP contribution is -2.27. The molecule has 0 fully saturated rings. The van der Waals surface area contributed by atoms with Gasteiger partial charge in [0.2, 0.25) is 0 Å². The summed E-state index contributed by atoms with van der Waals surface area (Å²) in [5, 5.41) is 2.84. The molecule has 158 valence electrons. The summed E-state index contributed by atoms with van der Waals surface area (Å²) >= 11 is 0. The number of fused-ring (bicyclic) bond motifs is 1. The molecular weight excluding hydrogens is 412 g/mol. The molecular formula is C23H22N4O3S. The molecule has 1 N–H and O–H groups in total. The van der Waals surface area contributed by atoms with Gasteiger partial charge < -0.3 is 9.88 Å². The average Bonchev–Trinajstić information content (AvgIpc) is 3.13. The monoisotopic (exact) mass is 434 g/mol. The van der Waals surface area contributed by atoms with Crippen LogP contribution in [0.5, 0.6) is 0 Å². The van der Waals surface area contributed by atoms with E-state index >= 15 is 0 Å². The van der Waals surface area contributed by atoms with Gasteiger partial charge >= 0.3 is 0 Å². The number of nitrogens with one attached hydrogen (secondary N) is 1. The number of benzene rings is 3. The summed E-state index contributed by atoms with van der Waals surface area (Å²) in [6.45, 7) is 0.265. The van der Waals surface area contributed by atoms with Gasteiger partial charge in [0.15, 0.2) is 0 Å². The highest BCUT2D eigenvalue weighted by molar-refractivity contribution is 7.92. The molecule has 7 nitrogen and oxygen atoms in total. The van der Waals surface area contributed by atoms with Gasteiger partial charge in [0.25, 0.3) is 15.9 Å². The number of aryl methyl sites for hydroxylation is 1. The molecule has 1 amide bonds. The summed E-state index contributed by atoms with van der Waals surface area (Å²) in [5.74, 6) is 0.436. The number of para-hydroxylation sites is 3. The third kappa shape index (κ3) is 4.02. The molecule has 0 saturated carbocycles. The number of amides is 1. The van der Waals surface area contributed by atoms with Crippen LogP contribution in [0.4, 0.5) is 5.69 Å². The summed E-state index contributed by atoms with van der Waals surface area (Å²) in [6.07, 6.45) is 0. The van der Waals surface area contributed by atoms with Gasteiger partial charge in [0.1, 0.15) is 5.82 Å². The van der Waals surface area contributed by atoms with Gasteiger partial charge in [-0.3, -0.25) is 9.10 Å². The fourth-order valence-electron chi connectivity index (χ4n) is 3.33. The van der Waals surface area contributed by atoms with Crippen LogP contribution in [0.2, 0.25) is 0 Å². The van der Waals surface area contributed by atoms with E-state index in [0.29, 0.717) is 11.3 Å². The number of rotatable bonds is 6. The van der Waals surface area contributed by atoms with Crippen LogP contribution in [0, 0.1) is 0 Å². The summed E-state index contributed by atoms with van der Waals surface area (Å²) in [4.78, 5) is 17.2. The smallest absolute Gasteiger partial charge is 0.264 e. The number of sulfonamides is 1. The molecule has 0 radical (unpaired) electrons. The molecule has 0 aliphatic carbocycles. The van der Waals surface area contributed by atoms with E-state index in [9.17, 15) is 13.2 Å². The lowest BCUT2D eigenvalue weighted by atomic mass is 10.2. The van der Waals surface area contributed by atoms with Crippen molar-refractivity contribution < 1.29 is 13.2 Å². The predicted octanol–water partition coefficient (Wildman–Crippen LogP) is 3.33. The Hall–Kier alpha value is -3.65. The summed E-state index contributed by atoms with van der Waals surface area (Å²) in [6, 6.07) is 22.5. The third-order valence-corrected chi connectivity index (χ3v) is 6.98. The van der Waals surface area contributed by atoms with Gasteiger partial charge in [-0.2, -0.15) is 0 Å². The predicted molar refractivity (Wildman–Crippen MR) is 120 cm³/mol. The molecule has 0 unspecified atom stereocenters. The zero-order valence-corrected chi connectivity index (χ0v) is 18.0. The first-order valence-corrected chi connectivity index (χ1v) is 11.1. The number of nitrogens with zero attached hydrogens (tertiary/aromatic N) is 3. The van der Waals surface area contributed by atoms with Crippen molar-refractivity contribution in [3.8, 4) is 0 Å². The SMILES string of the molecule is CN(c1ccccc1)S(=O)(=O)c1ccc(C(=O)NCc2nc3ccccc3n2C)cc1. The third-order valence-electron chi connectivity index (χ3n) is 5.18. The molecule has 31 heavy (non-hydrogen) atoms. The second-order valence-electron chi connectivity index (χ2n) is 7.09. The molecule has 1 heterocycles. The van der Waals surface area contributed by atoms with Crippen molar-refractivity contribution in [3.63, 3.8) is 0 Å². The van der Waals surface area contributed by atoms with Crippen LogP contribution in [0.25, 0.3) is 11.0 Å². The Morgan fingerprint density at radius 1 is 0.968 bits per heavy atom. The molecule has 0 aliphatic heterocycles. The van der Waals surface area contributed by atoms with Gasteiger partial charge in [-0.15, -0.1) is 0 Å². The van der Waals surface area contributed by atoms with E-state index in [1.165, 1.54) is 35.6 Å². The van der Waals surface area contributed by atoms with Crippen molar-refractivity contribution in [1.29, 1.82) is 0 Å². The van der Waals surface area contributed by atoms with Crippen LogP contribution in [-0.4, -0.2) is 30.9 Å². The maximum atomic E-state index is 12.9. The number of anilines is 1. The standard InChI is InChI=1S/C23H22N4O3S/c1-26-21-11-7-6-10-20(21)25-22(26)16-24-23(28)17-12-14-19(15-13-17)31(29,30)27(2)18-8-4-3-5-9-18/h3-15H,16H2,1-2H3,(H,24,28). The normalized spacial score (nSPS) is 11.4. The number of imidazole rings is 1. The van der Waals surface area contributed by atoms with E-state index in [1.54, 1.807) is 24.3 Å². The molecule has 0 aliphatic rings. The molecule has 8 heteroatoms. The van der Waals surface area contributed by atoms with E-state index in [-0.39, 0.29) is 17.3 Å². The Morgan fingerprint density at radius 3 is 2.29 bits per heavy atom. The second kappa shape index (κ2) is 8.23. The van der Waals surface area contributed by atoms with Gasteiger partial charge in [0, 0.05) is 19.7 Å².